The maximum atomic E-state index is 13.5. The third-order valence-electron chi connectivity index (χ3n) is 12.8. The Morgan fingerprint density at radius 2 is 1.38 bits per heavy atom. The Bertz CT molecular complexity index is 2920. The van der Waals surface area contributed by atoms with Gasteiger partial charge < -0.3 is 39.6 Å². The molecule has 0 saturated carbocycles. The lowest BCUT2D eigenvalue weighted by Crippen LogP contribution is -2.37. The van der Waals surface area contributed by atoms with E-state index in [9.17, 15) is 28.8 Å². The van der Waals surface area contributed by atoms with Crippen LogP contribution in [-0.2, 0) is 34.3 Å². The van der Waals surface area contributed by atoms with Crippen molar-refractivity contribution in [1.29, 1.82) is 0 Å². The van der Waals surface area contributed by atoms with Crippen LogP contribution in [0.2, 0.25) is 0 Å². The molecule has 3 amide bonds. The number of hydrogen-bond acceptors (Lipinski definition) is 11. The largest absolute Gasteiger partial charge is 0.497 e. The average Bonchev–Trinajstić information content (AvgIpc) is 3.80. The molecule has 1 saturated heterocycles. The van der Waals surface area contributed by atoms with Gasteiger partial charge in [-0.25, -0.2) is 4.79 Å². The van der Waals surface area contributed by atoms with E-state index in [1.54, 1.807) is 21.3 Å². The maximum Gasteiger partial charge on any atom is 0.330 e. The average molecular weight is 966 g/mol. The zero-order valence-corrected chi connectivity index (χ0v) is 40.4. The summed E-state index contributed by atoms with van der Waals surface area (Å²) in [6.07, 6.45) is 2.27. The number of carbonyl (C=O) groups excluding carboxylic acids is 4. The Morgan fingerprint density at radius 3 is 2.03 bits per heavy atom. The van der Waals surface area contributed by atoms with E-state index in [1.165, 1.54) is 23.9 Å². The summed E-state index contributed by atoms with van der Waals surface area (Å²) >= 11 is 0. The second kappa shape index (κ2) is 23.7. The summed E-state index contributed by atoms with van der Waals surface area (Å²) in [4.78, 5) is 80.5. The molecule has 0 aliphatic carbocycles. The van der Waals surface area contributed by atoms with Crippen LogP contribution in [0.15, 0.2) is 137 Å². The number of H-pyrrole nitrogens is 1. The first-order chi connectivity index (χ1) is 34.3. The van der Waals surface area contributed by atoms with E-state index in [0.29, 0.717) is 11.5 Å². The minimum atomic E-state index is -1.22. The molecule has 1 unspecified atom stereocenters. The molecule has 71 heavy (non-hydrogen) atoms. The Morgan fingerprint density at radius 1 is 0.775 bits per heavy atom. The van der Waals surface area contributed by atoms with E-state index < -0.39 is 46.9 Å². The van der Waals surface area contributed by atoms with Gasteiger partial charge in [0.05, 0.1) is 45.5 Å². The number of ketones is 1. The van der Waals surface area contributed by atoms with Crippen LogP contribution in [0.4, 0.5) is 0 Å². The first-order valence-electron chi connectivity index (χ1n) is 23.4. The van der Waals surface area contributed by atoms with E-state index in [1.807, 2.05) is 122 Å². The number of carbonyl (C=O) groups is 4. The highest BCUT2D eigenvalue weighted by Gasteiger charge is 2.43. The first kappa shape index (κ1) is 51.0. The van der Waals surface area contributed by atoms with Crippen LogP contribution >= 0.6 is 0 Å². The molecule has 4 N–H and O–H groups in total. The van der Waals surface area contributed by atoms with Crippen LogP contribution in [0.5, 0.6) is 17.2 Å². The number of aromatic nitrogens is 2. The third-order valence-corrected chi connectivity index (χ3v) is 12.8. The van der Waals surface area contributed by atoms with E-state index >= 15 is 0 Å². The van der Waals surface area contributed by atoms with Crippen LogP contribution < -0.4 is 41.4 Å². The van der Waals surface area contributed by atoms with Gasteiger partial charge in [0.15, 0.2) is 0 Å². The molecule has 370 valence electrons. The van der Waals surface area contributed by atoms with Gasteiger partial charge in [-0.3, -0.25) is 33.5 Å². The second-order valence-electron chi connectivity index (χ2n) is 17.2. The fraction of sp³-hybridized carbons (Fsp3) is 0.309. The molecule has 7 rings (SSSR count). The van der Waals surface area contributed by atoms with E-state index in [4.69, 9.17) is 23.7 Å². The number of benzene rings is 5. The van der Waals surface area contributed by atoms with Crippen molar-refractivity contribution in [3.05, 3.63) is 176 Å². The lowest BCUT2D eigenvalue weighted by molar-refractivity contribution is -0.126. The molecule has 0 bridgehead atoms. The van der Waals surface area contributed by atoms with E-state index in [0.717, 1.165) is 44.9 Å². The third kappa shape index (κ3) is 12.3. The van der Waals surface area contributed by atoms with Crippen molar-refractivity contribution in [3.63, 3.8) is 0 Å². The molecule has 4 atom stereocenters. The second-order valence-corrected chi connectivity index (χ2v) is 17.2. The van der Waals surface area contributed by atoms with Crippen LogP contribution in [0, 0.1) is 5.92 Å². The van der Waals surface area contributed by atoms with Crippen molar-refractivity contribution in [1.82, 2.24) is 25.5 Å². The Balaban J connectivity index is 1.07. The van der Waals surface area contributed by atoms with Crippen LogP contribution in [-0.4, -0.2) is 87.2 Å². The van der Waals surface area contributed by atoms with E-state index in [-0.39, 0.29) is 68.5 Å². The summed E-state index contributed by atoms with van der Waals surface area (Å²) in [6, 6.07) is 36.3. The number of Topliss-reactive ketones (excluding diaryl/α,β-unsaturated/α-hetero) is 1. The maximum absolute atomic E-state index is 13.5. The Hall–Kier alpha value is -7.82. The summed E-state index contributed by atoms with van der Waals surface area (Å²) in [5, 5.41) is 10.1. The smallest absolute Gasteiger partial charge is 0.330 e. The van der Waals surface area contributed by atoms with E-state index in [2.05, 4.69) is 20.9 Å². The molecular formula is C55H59N5O11. The highest BCUT2D eigenvalue weighted by molar-refractivity contribution is 5.92. The van der Waals surface area contributed by atoms with Gasteiger partial charge in [-0.15, -0.1) is 0 Å². The minimum absolute atomic E-state index is 0.000632. The molecule has 1 aromatic heterocycles. The molecule has 0 radical (unpaired) electrons. The fourth-order valence-corrected chi connectivity index (χ4v) is 8.77. The van der Waals surface area contributed by atoms with Crippen molar-refractivity contribution in [3.8, 4) is 17.2 Å². The molecule has 2 heterocycles. The van der Waals surface area contributed by atoms with Crippen LogP contribution in [0.25, 0.3) is 16.8 Å². The summed E-state index contributed by atoms with van der Waals surface area (Å²) in [6.45, 7) is 2.02. The normalized spacial score (nSPS) is 16.0. The lowest BCUT2D eigenvalue weighted by Gasteiger charge is -2.37. The van der Waals surface area contributed by atoms with Crippen LogP contribution in [0.3, 0.4) is 0 Å². The van der Waals surface area contributed by atoms with Crippen molar-refractivity contribution in [2.24, 2.45) is 5.92 Å². The summed E-state index contributed by atoms with van der Waals surface area (Å²) in [5.41, 5.74) is 0.494. The summed E-state index contributed by atoms with van der Waals surface area (Å²) in [5.74, 6) is -0.0671. The van der Waals surface area contributed by atoms with Crippen molar-refractivity contribution in [2.75, 3.05) is 48.1 Å². The monoisotopic (exact) mass is 965 g/mol. The standard InChI is InChI=1S/C55H59N5O11/c1-35(36-11-12-38-31-47(69-5)20-13-37(38)29-36)52(64)58-28-27-57-50(63)25-14-39-33-60(54(66)59-53(39)65)51-32-40(30-44(61)19-26-49(62)56-2)48(71-51)34-70-55(41-9-7-6-8-10-41,42-15-21-45(67-3)22-16-42)43-17-23-46(68-4)24-18-43/h6-18,20-25,29,31,33,35,40,48,51H,19,26-28,30,32,34H2,1-5H3,(H,56,62)(H,57,63)(H,58,64)(H,59,65,66)/t35-,40?,48+,51+/m0/s1. The van der Waals surface area contributed by atoms with Crippen molar-refractivity contribution < 1.29 is 42.9 Å². The molecule has 6 aromatic rings. The number of rotatable bonds is 22. The number of fused-ring (bicyclic) bond motifs is 1. The first-order valence-corrected chi connectivity index (χ1v) is 23.4. The number of nitrogens with one attached hydrogen (secondary N) is 4. The van der Waals surface area contributed by atoms with Crippen molar-refractivity contribution >= 4 is 40.4 Å². The molecular weight excluding hydrogens is 907 g/mol. The molecule has 1 fully saturated rings. The van der Waals surface area contributed by atoms with Crippen molar-refractivity contribution in [2.45, 2.75) is 56.5 Å². The zero-order chi connectivity index (χ0) is 50.5. The number of amides is 3. The Kier molecular flexibility index (Phi) is 17.0. The van der Waals surface area contributed by atoms with Gasteiger partial charge in [0, 0.05) is 51.7 Å². The zero-order valence-electron chi connectivity index (χ0n) is 40.4. The fourth-order valence-electron chi connectivity index (χ4n) is 8.77. The number of ether oxygens (including phenoxy) is 5. The van der Waals surface area contributed by atoms with Gasteiger partial charge >= 0.3 is 5.69 Å². The molecule has 0 spiro atoms. The van der Waals surface area contributed by atoms with Gasteiger partial charge in [-0.05, 0) is 94.8 Å². The SMILES string of the molecule is CNC(=O)CCC(=O)CC1C[C@H](n2cc(C=CC(=O)NCCNC(=O)[C@@H](C)c3ccc4cc(OC)ccc4c3)c(=O)[nH]c2=O)O[C@@H]1COC(c1ccccc1)(c1ccc(OC)cc1)c1ccc(OC)cc1. The molecule has 16 nitrogen and oxygen atoms in total. The van der Waals surface area contributed by atoms with Crippen LogP contribution in [0.1, 0.15) is 72.6 Å². The number of hydrogen-bond donors (Lipinski definition) is 4. The molecule has 1 aliphatic heterocycles. The summed E-state index contributed by atoms with van der Waals surface area (Å²) < 4.78 is 31.4. The van der Waals surface area contributed by atoms with Gasteiger partial charge in [0.25, 0.3) is 5.56 Å². The Labute approximate surface area is 411 Å². The van der Waals surface area contributed by atoms with Gasteiger partial charge in [0.1, 0.15) is 34.9 Å². The number of methoxy groups -OCH3 is 3. The summed E-state index contributed by atoms with van der Waals surface area (Å²) in [7, 11) is 6.30. The van der Waals surface area contributed by atoms with Gasteiger partial charge in [-0.2, -0.15) is 0 Å². The quantitative estimate of drug-likeness (QED) is 0.0345. The predicted molar refractivity (Wildman–Crippen MR) is 268 cm³/mol. The molecule has 1 aliphatic rings. The topological polar surface area (TPSA) is 205 Å². The lowest BCUT2D eigenvalue weighted by atomic mass is 9.80. The molecule has 5 aromatic carbocycles. The number of aromatic amines is 1. The predicted octanol–water partition coefficient (Wildman–Crippen LogP) is 6.16. The minimum Gasteiger partial charge on any atom is -0.497 e. The molecule has 16 heteroatoms. The highest BCUT2D eigenvalue weighted by atomic mass is 16.6. The van der Waals surface area contributed by atoms with Gasteiger partial charge in [-0.1, -0.05) is 78.9 Å². The highest BCUT2D eigenvalue weighted by Crippen LogP contribution is 2.44. The number of nitrogens with zero attached hydrogens (tertiary/aromatic N) is 1. The van der Waals surface area contributed by atoms with Gasteiger partial charge in [0.2, 0.25) is 17.7 Å².